The summed E-state index contributed by atoms with van der Waals surface area (Å²) in [7, 11) is 0. The van der Waals surface area contributed by atoms with Gasteiger partial charge in [-0.3, -0.25) is 4.90 Å². The number of ether oxygens (including phenoxy) is 1. The molecule has 5 heteroatoms. The number of piperidine rings is 1. The third-order valence-corrected chi connectivity index (χ3v) is 8.24. The number of aromatic hydroxyl groups is 2. The Kier molecular flexibility index (Phi) is 8.75. The highest BCUT2D eigenvalue weighted by atomic mass is 16.5. The van der Waals surface area contributed by atoms with E-state index in [-0.39, 0.29) is 0 Å². The molecule has 5 nitrogen and oxygen atoms in total. The van der Waals surface area contributed by atoms with Crippen molar-refractivity contribution in [3.63, 3.8) is 0 Å². The zero-order valence-electron chi connectivity index (χ0n) is 22.7. The van der Waals surface area contributed by atoms with Crippen LogP contribution in [0.1, 0.15) is 54.9 Å². The minimum absolute atomic E-state index is 0.309. The van der Waals surface area contributed by atoms with Crippen LogP contribution in [0.3, 0.4) is 0 Å². The molecule has 0 spiro atoms. The third kappa shape index (κ3) is 6.82. The second kappa shape index (κ2) is 12.6. The van der Waals surface area contributed by atoms with E-state index in [0.29, 0.717) is 17.4 Å². The zero-order valence-corrected chi connectivity index (χ0v) is 22.7. The number of hydrogen-bond acceptors (Lipinski definition) is 5. The van der Waals surface area contributed by atoms with E-state index in [0.717, 1.165) is 63.4 Å². The molecule has 0 radical (unpaired) electrons. The standard InChI is InChI=1S/C33H42N2O3/c1-2-35(24-25-7-14-32(15-8-25)38-19-18-34-16-4-3-5-17-34)33-23-31(37)13-11-29(33)21-26-6-9-28-22-30(36)12-10-27(28)20-26/h7-8,10-15,22-23,26,36-37H,2-6,9,16-21,24H2,1H3. The molecule has 38 heavy (non-hydrogen) atoms. The summed E-state index contributed by atoms with van der Waals surface area (Å²) >= 11 is 0. The number of rotatable bonds is 10. The lowest BCUT2D eigenvalue weighted by Gasteiger charge is -2.29. The highest BCUT2D eigenvalue weighted by molar-refractivity contribution is 5.58. The van der Waals surface area contributed by atoms with E-state index < -0.39 is 0 Å². The molecule has 3 aromatic carbocycles. The van der Waals surface area contributed by atoms with Crippen LogP contribution in [-0.2, 0) is 25.8 Å². The van der Waals surface area contributed by atoms with Crippen molar-refractivity contribution in [3.8, 4) is 17.2 Å². The van der Waals surface area contributed by atoms with Gasteiger partial charge >= 0.3 is 0 Å². The van der Waals surface area contributed by atoms with Crippen LogP contribution in [0.15, 0.2) is 60.7 Å². The SMILES string of the molecule is CCN(Cc1ccc(OCCN2CCCCC2)cc1)c1cc(O)ccc1CC1CCc2cc(O)ccc2C1. The Labute approximate surface area is 227 Å². The largest absolute Gasteiger partial charge is 0.508 e. The first-order chi connectivity index (χ1) is 18.6. The van der Waals surface area contributed by atoms with Gasteiger partial charge in [0.15, 0.2) is 0 Å². The summed E-state index contributed by atoms with van der Waals surface area (Å²) in [6.45, 7) is 7.95. The predicted octanol–water partition coefficient (Wildman–Crippen LogP) is 6.34. The van der Waals surface area contributed by atoms with Crippen LogP contribution < -0.4 is 9.64 Å². The molecule has 0 aromatic heterocycles. The number of phenolic OH excluding ortho intramolecular Hbond substituents is 2. The van der Waals surface area contributed by atoms with Crippen molar-refractivity contribution in [2.45, 2.75) is 58.4 Å². The molecule has 0 saturated carbocycles. The monoisotopic (exact) mass is 514 g/mol. The van der Waals surface area contributed by atoms with Gasteiger partial charge in [0.05, 0.1) is 0 Å². The molecule has 5 rings (SSSR count). The van der Waals surface area contributed by atoms with Crippen LogP contribution in [0.5, 0.6) is 17.2 Å². The van der Waals surface area contributed by atoms with Gasteiger partial charge in [-0.05, 0) is 117 Å². The van der Waals surface area contributed by atoms with Gasteiger partial charge in [-0.2, -0.15) is 0 Å². The molecule has 2 N–H and O–H groups in total. The summed E-state index contributed by atoms with van der Waals surface area (Å²) in [5, 5.41) is 20.2. The number of fused-ring (bicyclic) bond motifs is 1. The van der Waals surface area contributed by atoms with Crippen LogP contribution in [0.4, 0.5) is 5.69 Å². The van der Waals surface area contributed by atoms with Gasteiger partial charge in [0.1, 0.15) is 23.9 Å². The summed E-state index contributed by atoms with van der Waals surface area (Å²) in [5.74, 6) is 2.15. The molecule has 1 fully saturated rings. The maximum Gasteiger partial charge on any atom is 0.119 e. The molecule has 1 unspecified atom stereocenters. The first-order valence-corrected chi connectivity index (χ1v) is 14.4. The van der Waals surface area contributed by atoms with Crippen LogP contribution in [0.25, 0.3) is 0 Å². The van der Waals surface area contributed by atoms with Crippen molar-refractivity contribution in [1.29, 1.82) is 0 Å². The van der Waals surface area contributed by atoms with Crippen molar-refractivity contribution in [2.24, 2.45) is 5.92 Å². The third-order valence-electron chi connectivity index (χ3n) is 8.24. The fraction of sp³-hybridized carbons (Fsp3) is 0.455. The van der Waals surface area contributed by atoms with Crippen LogP contribution in [0.2, 0.25) is 0 Å². The van der Waals surface area contributed by atoms with Crippen LogP contribution >= 0.6 is 0 Å². The number of anilines is 1. The topological polar surface area (TPSA) is 56.2 Å². The van der Waals surface area contributed by atoms with E-state index in [1.807, 2.05) is 18.2 Å². The summed E-state index contributed by atoms with van der Waals surface area (Å²) in [6, 6.07) is 20.1. The zero-order chi connectivity index (χ0) is 26.3. The second-order valence-electron chi connectivity index (χ2n) is 11.0. The normalized spacial score (nSPS) is 17.7. The number of aryl methyl sites for hydroxylation is 1. The average molecular weight is 515 g/mol. The Morgan fingerprint density at radius 3 is 2.45 bits per heavy atom. The van der Waals surface area contributed by atoms with Crippen molar-refractivity contribution < 1.29 is 14.9 Å². The summed E-state index contributed by atoms with van der Waals surface area (Å²) < 4.78 is 6.03. The number of phenols is 2. The van der Waals surface area contributed by atoms with Crippen LogP contribution in [-0.4, -0.2) is 47.9 Å². The van der Waals surface area contributed by atoms with E-state index in [2.05, 4.69) is 53.1 Å². The fourth-order valence-corrected chi connectivity index (χ4v) is 6.08. The van der Waals surface area contributed by atoms with E-state index in [1.54, 1.807) is 6.07 Å². The van der Waals surface area contributed by atoms with Gasteiger partial charge in [-0.1, -0.05) is 30.7 Å². The van der Waals surface area contributed by atoms with Gasteiger partial charge in [0.25, 0.3) is 0 Å². The smallest absolute Gasteiger partial charge is 0.119 e. The molecule has 3 aromatic rings. The number of hydrogen-bond donors (Lipinski definition) is 2. The van der Waals surface area contributed by atoms with E-state index >= 15 is 0 Å². The van der Waals surface area contributed by atoms with Gasteiger partial charge < -0.3 is 19.8 Å². The number of benzene rings is 3. The molecule has 1 aliphatic heterocycles. The Balaban J connectivity index is 1.21. The lowest BCUT2D eigenvalue weighted by Crippen LogP contribution is -2.33. The second-order valence-corrected chi connectivity index (χ2v) is 11.0. The highest BCUT2D eigenvalue weighted by Gasteiger charge is 2.22. The summed E-state index contributed by atoms with van der Waals surface area (Å²) in [5.41, 5.74) is 6.27. The Morgan fingerprint density at radius 2 is 1.66 bits per heavy atom. The quantitative estimate of drug-likeness (QED) is 0.331. The maximum atomic E-state index is 10.4. The number of nitrogens with zero attached hydrogens (tertiary/aromatic N) is 2. The molecule has 0 amide bonds. The molecular formula is C33H42N2O3. The number of likely N-dealkylation sites (tertiary alicyclic amines) is 1. The minimum atomic E-state index is 0.309. The Morgan fingerprint density at radius 1 is 0.895 bits per heavy atom. The molecular weight excluding hydrogens is 472 g/mol. The van der Waals surface area contributed by atoms with E-state index in [1.165, 1.54) is 54.6 Å². The van der Waals surface area contributed by atoms with Gasteiger partial charge in [0.2, 0.25) is 0 Å². The molecule has 1 heterocycles. The van der Waals surface area contributed by atoms with Crippen molar-refractivity contribution in [1.82, 2.24) is 4.90 Å². The maximum absolute atomic E-state index is 10.4. The fourth-order valence-electron chi connectivity index (χ4n) is 6.08. The summed E-state index contributed by atoms with van der Waals surface area (Å²) in [4.78, 5) is 4.86. The minimum Gasteiger partial charge on any atom is -0.508 e. The molecule has 2 aliphatic rings. The molecule has 1 saturated heterocycles. The lowest BCUT2D eigenvalue weighted by atomic mass is 9.80. The Bertz CT molecular complexity index is 1190. The van der Waals surface area contributed by atoms with Crippen molar-refractivity contribution in [2.75, 3.05) is 37.7 Å². The predicted molar refractivity (Wildman–Crippen MR) is 154 cm³/mol. The van der Waals surface area contributed by atoms with Gasteiger partial charge in [0, 0.05) is 31.4 Å². The molecule has 202 valence electrons. The first-order valence-electron chi connectivity index (χ1n) is 14.4. The van der Waals surface area contributed by atoms with Gasteiger partial charge in [-0.25, -0.2) is 0 Å². The summed E-state index contributed by atoms with van der Waals surface area (Å²) in [6.07, 6.45) is 8.11. The molecule has 1 aliphatic carbocycles. The van der Waals surface area contributed by atoms with E-state index in [4.69, 9.17) is 4.74 Å². The Hall–Kier alpha value is -3.18. The molecule has 0 bridgehead atoms. The first kappa shape index (κ1) is 26.4. The van der Waals surface area contributed by atoms with E-state index in [9.17, 15) is 10.2 Å². The highest BCUT2D eigenvalue weighted by Crippen LogP contribution is 2.34. The average Bonchev–Trinajstić information content (AvgIpc) is 2.94. The van der Waals surface area contributed by atoms with Crippen molar-refractivity contribution in [3.05, 3.63) is 82.9 Å². The lowest BCUT2D eigenvalue weighted by molar-refractivity contribution is 0.183. The van der Waals surface area contributed by atoms with Gasteiger partial charge in [-0.15, -0.1) is 0 Å². The molecule has 1 atom stereocenters. The van der Waals surface area contributed by atoms with Crippen LogP contribution in [0, 0.1) is 5.92 Å². The van der Waals surface area contributed by atoms with Crippen molar-refractivity contribution >= 4 is 5.69 Å².